The van der Waals surface area contributed by atoms with E-state index >= 15 is 0 Å². The molecule has 312 valence electrons. The summed E-state index contributed by atoms with van der Waals surface area (Å²) >= 11 is 0. The van der Waals surface area contributed by atoms with Gasteiger partial charge in [0.15, 0.2) is 0 Å². The number of fused-ring (bicyclic) bond motifs is 17. The summed E-state index contributed by atoms with van der Waals surface area (Å²) in [6.07, 6.45) is 3.03. The predicted octanol–water partition coefficient (Wildman–Crippen LogP) is 15.2. The standard InChI is InChI=1S/C61H38N6/c62-34-48-58-36-27-28-37(29-36)59(58)49(35-63)61(67-53-26-14-10-22-43(53)47-31-55-45(33-57(47)67)41-20-8-12-24-51(41)65(55)39-17-5-2-6-18-39)60(48)66-52-25-13-9-21-42(52)46-30-54-44(32-56(46)66)40-19-7-11-23-50(40)64(54)38-15-3-1-4-16-38/h1-26,30-33,36-37H,27-29H2. The third-order valence-corrected chi connectivity index (χ3v) is 15.4. The number of rotatable bonds is 4. The van der Waals surface area contributed by atoms with E-state index in [1.807, 2.05) is 0 Å². The number of hydrogen-bond donors (Lipinski definition) is 0. The zero-order chi connectivity index (χ0) is 44.1. The van der Waals surface area contributed by atoms with Crippen molar-refractivity contribution in [3.05, 3.63) is 204 Å². The van der Waals surface area contributed by atoms with Crippen LogP contribution in [-0.2, 0) is 0 Å². The van der Waals surface area contributed by atoms with Gasteiger partial charge in [-0.05, 0) is 115 Å². The van der Waals surface area contributed by atoms with Crippen LogP contribution in [0.15, 0.2) is 182 Å². The van der Waals surface area contributed by atoms with E-state index in [9.17, 15) is 10.5 Å². The lowest BCUT2D eigenvalue weighted by Gasteiger charge is -2.26. The van der Waals surface area contributed by atoms with Crippen LogP contribution in [0.4, 0.5) is 0 Å². The van der Waals surface area contributed by atoms with Crippen LogP contribution in [0.1, 0.15) is 53.4 Å². The van der Waals surface area contributed by atoms with Crippen molar-refractivity contribution in [1.82, 2.24) is 18.3 Å². The highest BCUT2D eigenvalue weighted by atomic mass is 15.1. The van der Waals surface area contributed by atoms with E-state index in [4.69, 9.17) is 0 Å². The third-order valence-electron chi connectivity index (χ3n) is 15.4. The number of aromatic nitrogens is 4. The molecule has 2 aliphatic carbocycles. The molecular formula is C61H38N6. The second-order valence-electron chi connectivity index (χ2n) is 18.6. The Kier molecular flexibility index (Phi) is 7.28. The molecule has 15 rings (SSSR count). The minimum absolute atomic E-state index is 0.236. The highest BCUT2D eigenvalue weighted by molar-refractivity contribution is 6.21. The van der Waals surface area contributed by atoms with Gasteiger partial charge in [0, 0.05) is 54.5 Å². The number of para-hydroxylation sites is 6. The van der Waals surface area contributed by atoms with Crippen LogP contribution in [0.3, 0.4) is 0 Å². The lowest BCUT2D eigenvalue weighted by Crippen LogP contribution is -2.15. The van der Waals surface area contributed by atoms with Crippen molar-refractivity contribution in [3.8, 4) is 34.9 Å². The van der Waals surface area contributed by atoms with Gasteiger partial charge in [0.25, 0.3) is 0 Å². The van der Waals surface area contributed by atoms with Crippen molar-refractivity contribution in [2.75, 3.05) is 0 Å². The van der Waals surface area contributed by atoms with Crippen molar-refractivity contribution in [1.29, 1.82) is 10.5 Å². The topological polar surface area (TPSA) is 67.3 Å². The van der Waals surface area contributed by atoms with Gasteiger partial charge in [-0.25, -0.2) is 0 Å². The molecule has 4 aromatic heterocycles. The second kappa shape index (κ2) is 13.4. The van der Waals surface area contributed by atoms with Gasteiger partial charge < -0.3 is 18.3 Å². The summed E-state index contributed by atoms with van der Waals surface area (Å²) in [7, 11) is 0. The van der Waals surface area contributed by atoms with Gasteiger partial charge in [0.05, 0.1) is 66.6 Å². The molecule has 9 aromatic carbocycles. The molecule has 1 fully saturated rings. The Bertz CT molecular complexity index is 4110. The van der Waals surface area contributed by atoms with Crippen molar-refractivity contribution in [3.63, 3.8) is 0 Å². The van der Waals surface area contributed by atoms with E-state index in [1.165, 1.54) is 0 Å². The molecule has 1 saturated carbocycles. The van der Waals surface area contributed by atoms with Crippen molar-refractivity contribution < 1.29 is 0 Å². The van der Waals surface area contributed by atoms with E-state index < -0.39 is 0 Å². The average Bonchev–Trinajstić information content (AvgIpc) is 4.25. The molecule has 6 heteroatoms. The number of hydrogen-bond acceptors (Lipinski definition) is 2. The highest BCUT2D eigenvalue weighted by Crippen LogP contribution is 2.58. The SMILES string of the molecule is N#Cc1c2c(c(C#N)c(-n3c4ccccc4c4cc5c(cc43)c3ccccc3n5-c3ccccc3)c1-n1c3ccccc3c3cc4c(cc31)c1ccccc1n4-c1ccccc1)C1CCC2C1. The lowest BCUT2D eigenvalue weighted by atomic mass is 9.83. The fourth-order valence-electron chi connectivity index (χ4n) is 12.8. The normalized spacial score (nSPS) is 15.6. The fraction of sp³-hybridized carbons (Fsp3) is 0.0820. The van der Waals surface area contributed by atoms with Crippen molar-refractivity contribution >= 4 is 87.2 Å². The summed E-state index contributed by atoms with van der Waals surface area (Å²) in [4.78, 5) is 0. The van der Waals surface area contributed by atoms with Gasteiger partial charge >= 0.3 is 0 Å². The van der Waals surface area contributed by atoms with Gasteiger partial charge in [0.1, 0.15) is 12.1 Å². The first-order valence-corrected chi connectivity index (χ1v) is 23.3. The molecule has 4 heterocycles. The summed E-state index contributed by atoms with van der Waals surface area (Å²) in [6, 6.07) is 70.9. The minimum atomic E-state index is 0.236. The van der Waals surface area contributed by atoms with Crippen molar-refractivity contribution in [2.24, 2.45) is 0 Å². The molecular weight excluding hydrogens is 817 g/mol. The molecule has 0 aliphatic heterocycles. The molecule has 6 nitrogen and oxygen atoms in total. The first kappa shape index (κ1) is 36.5. The predicted molar refractivity (Wildman–Crippen MR) is 273 cm³/mol. The highest BCUT2D eigenvalue weighted by Gasteiger charge is 2.44. The second-order valence-corrected chi connectivity index (χ2v) is 18.6. The van der Waals surface area contributed by atoms with Crippen molar-refractivity contribution in [2.45, 2.75) is 31.1 Å². The number of nitriles is 2. The monoisotopic (exact) mass is 854 g/mol. The molecule has 0 N–H and O–H groups in total. The van der Waals surface area contributed by atoms with Gasteiger partial charge in [-0.2, -0.15) is 10.5 Å². The average molecular weight is 855 g/mol. The summed E-state index contributed by atoms with van der Waals surface area (Å²) < 4.78 is 9.44. The Morgan fingerprint density at radius 3 is 0.970 bits per heavy atom. The van der Waals surface area contributed by atoms with E-state index in [1.54, 1.807) is 0 Å². The lowest BCUT2D eigenvalue weighted by molar-refractivity contribution is 0.712. The third kappa shape index (κ3) is 4.71. The largest absolute Gasteiger partial charge is 0.309 e. The zero-order valence-corrected chi connectivity index (χ0v) is 36.3. The Balaban J connectivity index is 1.14. The molecule has 0 radical (unpaired) electrons. The van der Waals surface area contributed by atoms with E-state index in [2.05, 4.69) is 212 Å². The maximum absolute atomic E-state index is 11.8. The van der Waals surface area contributed by atoms with E-state index in [0.717, 1.165) is 140 Å². The quantitative estimate of drug-likeness (QED) is 0.177. The summed E-state index contributed by atoms with van der Waals surface area (Å²) in [5.74, 6) is 0.472. The van der Waals surface area contributed by atoms with Crippen LogP contribution in [0.25, 0.3) is 110 Å². The van der Waals surface area contributed by atoms with Crippen LogP contribution in [-0.4, -0.2) is 18.3 Å². The minimum Gasteiger partial charge on any atom is -0.309 e. The van der Waals surface area contributed by atoms with Gasteiger partial charge in [-0.3, -0.25) is 0 Å². The van der Waals surface area contributed by atoms with Crippen LogP contribution in [0, 0.1) is 22.7 Å². The Morgan fingerprint density at radius 1 is 0.328 bits per heavy atom. The smallest absolute Gasteiger partial charge is 0.102 e. The first-order chi connectivity index (χ1) is 33.2. The molecule has 0 amide bonds. The van der Waals surface area contributed by atoms with E-state index in [0.29, 0.717) is 11.1 Å². The van der Waals surface area contributed by atoms with Gasteiger partial charge in [-0.1, -0.05) is 109 Å². The van der Waals surface area contributed by atoms with Crippen LogP contribution in [0.2, 0.25) is 0 Å². The maximum Gasteiger partial charge on any atom is 0.102 e. The van der Waals surface area contributed by atoms with Gasteiger partial charge in [0.2, 0.25) is 0 Å². The number of benzene rings is 9. The molecule has 2 atom stereocenters. The Labute approximate surface area is 384 Å². The molecule has 67 heavy (non-hydrogen) atoms. The van der Waals surface area contributed by atoms with E-state index in [-0.39, 0.29) is 11.8 Å². The van der Waals surface area contributed by atoms with Crippen LogP contribution >= 0.6 is 0 Å². The van der Waals surface area contributed by atoms with Gasteiger partial charge in [-0.15, -0.1) is 0 Å². The maximum atomic E-state index is 11.8. The summed E-state index contributed by atoms with van der Waals surface area (Å²) in [5, 5.41) is 32.6. The van der Waals surface area contributed by atoms with Crippen LogP contribution < -0.4 is 0 Å². The molecule has 2 unspecified atom stereocenters. The van der Waals surface area contributed by atoms with Crippen LogP contribution in [0.5, 0.6) is 0 Å². The summed E-state index contributed by atoms with van der Waals surface area (Å²) in [6.45, 7) is 0. The summed E-state index contributed by atoms with van der Waals surface area (Å²) in [5.41, 5.74) is 15.8. The fourth-order valence-corrected chi connectivity index (χ4v) is 12.8. The molecule has 0 saturated heterocycles. The molecule has 2 bridgehead atoms. The Morgan fingerprint density at radius 2 is 0.627 bits per heavy atom. The molecule has 13 aromatic rings. The molecule has 2 aliphatic rings. The zero-order valence-electron chi connectivity index (χ0n) is 36.3. The first-order valence-electron chi connectivity index (χ1n) is 23.3. The molecule has 0 spiro atoms. The Hall–Kier alpha value is -8.84. The number of nitrogens with zero attached hydrogens (tertiary/aromatic N) is 6.